The number of benzene rings is 1. The molecule has 0 fully saturated rings. The Morgan fingerprint density at radius 3 is 2.35 bits per heavy atom. The van der Waals surface area contributed by atoms with Gasteiger partial charge in [-0.15, -0.1) is 11.3 Å². The maximum absolute atomic E-state index is 6.30. The lowest BCUT2D eigenvalue weighted by Crippen LogP contribution is -2.21. The second-order valence-corrected chi connectivity index (χ2v) is 7.05. The fraction of sp³-hybridized carbons (Fsp3) is 0.375. The van der Waals surface area contributed by atoms with Crippen molar-refractivity contribution in [1.29, 1.82) is 0 Å². The van der Waals surface area contributed by atoms with Crippen LogP contribution in [0.4, 0.5) is 0 Å². The van der Waals surface area contributed by atoms with Gasteiger partial charge in [-0.3, -0.25) is 0 Å². The Labute approximate surface area is 134 Å². The molecule has 0 spiro atoms. The van der Waals surface area contributed by atoms with Crippen LogP contribution in [0.1, 0.15) is 43.0 Å². The van der Waals surface area contributed by atoms with Crippen molar-refractivity contribution in [2.24, 2.45) is 0 Å². The Bertz CT molecular complexity index is 548. The van der Waals surface area contributed by atoms with Crippen molar-refractivity contribution in [3.63, 3.8) is 0 Å². The van der Waals surface area contributed by atoms with Crippen molar-refractivity contribution >= 4 is 34.5 Å². The van der Waals surface area contributed by atoms with Gasteiger partial charge in [0.1, 0.15) is 0 Å². The minimum absolute atomic E-state index is 0.104. The predicted molar refractivity (Wildman–Crippen MR) is 90.3 cm³/mol. The van der Waals surface area contributed by atoms with Gasteiger partial charge in [-0.1, -0.05) is 67.7 Å². The molecular weight excluding hydrogens is 309 g/mol. The SMILES string of the molecule is CCCc1ccc(C(NCC)c2cc(Cl)sc2Cl)cc1. The molecule has 0 aliphatic carbocycles. The van der Waals surface area contributed by atoms with Crippen molar-refractivity contribution in [2.75, 3.05) is 6.54 Å². The van der Waals surface area contributed by atoms with Crippen LogP contribution in [-0.4, -0.2) is 6.54 Å². The monoisotopic (exact) mass is 327 g/mol. The average molecular weight is 328 g/mol. The van der Waals surface area contributed by atoms with Gasteiger partial charge in [0.2, 0.25) is 0 Å². The van der Waals surface area contributed by atoms with Gasteiger partial charge in [0.15, 0.2) is 0 Å². The number of halogens is 2. The molecule has 0 amide bonds. The van der Waals surface area contributed by atoms with Crippen molar-refractivity contribution < 1.29 is 0 Å². The first-order valence-corrected chi connectivity index (χ1v) is 8.49. The molecule has 108 valence electrons. The molecule has 0 aliphatic heterocycles. The topological polar surface area (TPSA) is 12.0 Å². The highest BCUT2D eigenvalue weighted by molar-refractivity contribution is 7.20. The normalized spacial score (nSPS) is 12.6. The number of aryl methyl sites for hydroxylation is 1. The highest BCUT2D eigenvalue weighted by Crippen LogP contribution is 2.37. The van der Waals surface area contributed by atoms with E-state index in [-0.39, 0.29) is 6.04 Å². The first-order valence-electron chi connectivity index (χ1n) is 6.92. The van der Waals surface area contributed by atoms with E-state index in [0.717, 1.165) is 27.2 Å². The first kappa shape index (κ1) is 15.8. The highest BCUT2D eigenvalue weighted by Gasteiger charge is 2.18. The van der Waals surface area contributed by atoms with E-state index in [4.69, 9.17) is 23.2 Å². The van der Waals surface area contributed by atoms with Crippen LogP contribution >= 0.6 is 34.5 Å². The van der Waals surface area contributed by atoms with Crippen molar-refractivity contribution in [3.05, 3.63) is 55.7 Å². The molecule has 0 saturated heterocycles. The largest absolute Gasteiger partial charge is 0.306 e. The standard InChI is InChI=1S/C16H19Cl2NS/c1-3-5-11-6-8-12(9-7-11)15(19-4-2)13-10-14(17)20-16(13)18/h6-10,15,19H,3-5H2,1-2H3. The molecule has 20 heavy (non-hydrogen) atoms. The molecule has 2 aromatic rings. The summed E-state index contributed by atoms with van der Waals surface area (Å²) in [5.74, 6) is 0. The molecule has 0 bridgehead atoms. The van der Waals surface area contributed by atoms with E-state index in [0.29, 0.717) is 0 Å². The molecule has 1 aromatic carbocycles. The van der Waals surface area contributed by atoms with E-state index in [1.165, 1.54) is 28.9 Å². The van der Waals surface area contributed by atoms with Crippen LogP contribution in [0.25, 0.3) is 0 Å². The molecular formula is C16H19Cl2NS. The molecule has 1 unspecified atom stereocenters. The molecule has 0 saturated carbocycles. The molecule has 0 aliphatic rings. The Kier molecular flexibility index (Phi) is 5.91. The zero-order chi connectivity index (χ0) is 14.5. The van der Waals surface area contributed by atoms with Gasteiger partial charge >= 0.3 is 0 Å². The number of hydrogen-bond acceptors (Lipinski definition) is 2. The van der Waals surface area contributed by atoms with Gasteiger partial charge in [0.05, 0.1) is 14.7 Å². The first-order chi connectivity index (χ1) is 9.65. The van der Waals surface area contributed by atoms with Gasteiger partial charge in [-0.2, -0.15) is 0 Å². The molecule has 1 aromatic heterocycles. The summed E-state index contributed by atoms with van der Waals surface area (Å²) in [7, 11) is 0. The summed E-state index contributed by atoms with van der Waals surface area (Å²) in [6, 6.07) is 10.8. The lowest BCUT2D eigenvalue weighted by molar-refractivity contribution is 0.632. The number of rotatable bonds is 6. The zero-order valence-electron chi connectivity index (χ0n) is 11.7. The minimum atomic E-state index is 0.104. The van der Waals surface area contributed by atoms with Crippen molar-refractivity contribution in [1.82, 2.24) is 5.32 Å². The van der Waals surface area contributed by atoms with E-state index < -0.39 is 0 Å². The fourth-order valence-electron chi connectivity index (χ4n) is 2.33. The summed E-state index contributed by atoms with van der Waals surface area (Å²) in [6.07, 6.45) is 2.29. The Morgan fingerprint density at radius 2 is 1.85 bits per heavy atom. The third-order valence-electron chi connectivity index (χ3n) is 3.25. The van der Waals surface area contributed by atoms with Crippen molar-refractivity contribution in [3.8, 4) is 0 Å². The summed E-state index contributed by atoms with van der Waals surface area (Å²) in [5.41, 5.74) is 3.66. The number of hydrogen-bond donors (Lipinski definition) is 1. The number of nitrogens with one attached hydrogen (secondary N) is 1. The Hall–Kier alpha value is -0.540. The van der Waals surface area contributed by atoms with Crippen LogP contribution in [0.3, 0.4) is 0 Å². The lowest BCUT2D eigenvalue weighted by atomic mass is 9.99. The summed E-state index contributed by atoms with van der Waals surface area (Å²) in [4.78, 5) is 0. The van der Waals surface area contributed by atoms with Crippen LogP contribution < -0.4 is 5.32 Å². The van der Waals surface area contributed by atoms with E-state index in [2.05, 4.69) is 43.4 Å². The fourth-order valence-corrected chi connectivity index (χ4v) is 3.86. The quantitative estimate of drug-likeness (QED) is 0.716. The van der Waals surface area contributed by atoms with E-state index >= 15 is 0 Å². The minimum Gasteiger partial charge on any atom is -0.306 e. The second kappa shape index (κ2) is 7.46. The lowest BCUT2D eigenvalue weighted by Gasteiger charge is -2.18. The molecule has 1 atom stereocenters. The number of thiophene rings is 1. The molecule has 4 heteroatoms. The Morgan fingerprint density at radius 1 is 1.15 bits per heavy atom. The summed E-state index contributed by atoms with van der Waals surface area (Å²) in [5, 5.41) is 3.48. The highest BCUT2D eigenvalue weighted by atomic mass is 35.5. The van der Waals surface area contributed by atoms with Gasteiger partial charge in [-0.05, 0) is 30.2 Å². The summed E-state index contributed by atoms with van der Waals surface area (Å²) < 4.78 is 1.49. The zero-order valence-corrected chi connectivity index (χ0v) is 14.1. The predicted octanol–water partition coefficient (Wildman–Crippen LogP) is 5.71. The molecule has 2 rings (SSSR count). The van der Waals surface area contributed by atoms with Crippen LogP contribution in [0, 0.1) is 0 Å². The summed E-state index contributed by atoms with van der Waals surface area (Å²) >= 11 is 13.8. The molecule has 1 heterocycles. The summed E-state index contributed by atoms with van der Waals surface area (Å²) in [6.45, 7) is 5.17. The maximum Gasteiger partial charge on any atom is 0.0995 e. The third-order valence-corrected chi connectivity index (χ3v) is 4.77. The van der Waals surface area contributed by atoms with Crippen LogP contribution in [-0.2, 0) is 6.42 Å². The smallest absolute Gasteiger partial charge is 0.0995 e. The van der Waals surface area contributed by atoms with E-state index in [9.17, 15) is 0 Å². The molecule has 0 radical (unpaired) electrons. The van der Waals surface area contributed by atoms with Gasteiger partial charge in [0.25, 0.3) is 0 Å². The van der Waals surface area contributed by atoms with Crippen LogP contribution in [0.2, 0.25) is 8.67 Å². The van der Waals surface area contributed by atoms with Gasteiger partial charge in [0, 0.05) is 5.56 Å². The van der Waals surface area contributed by atoms with Crippen LogP contribution in [0.15, 0.2) is 30.3 Å². The van der Waals surface area contributed by atoms with E-state index in [1.807, 2.05) is 6.07 Å². The average Bonchev–Trinajstić information content (AvgIpc) is 2.76. The maximum atomic E-state index is 6.30. The van der Waals surface area contributed by atoms with Gasteiger partial charge in [-0.25, -0.2) is 0 Å². The van der Waals surface area contributed by atoms with Crippen molar-refractivity contribution in [2.45, 2.75) is 32.7 Å². The van der Waals surface area contributed by atoms with Crippen LogP contribution in [0.5, 0.6) is 0 Å². The van der Waals surface area contributed by atoms with Gasteiger partial charge < -0.3 is 5.32 Å². The third kappa shape index (κ3) is 3.76. The van der Waals surface area contributed by atoms with E-state index in [1.54, 1.807) is 0 Å². The second-order valence-electron chi connectivity index (χ2n) is 4.76. The Balaban J connectivity index is 2.30. The molecule has 1 nitrogen and oxygen atoms in total. The molecule has 1 N–H and O–H groups in total.